The molecule has 5 heteroatoms. The van der Waals surface area contributed by atoms with E-state index in [1.54, 1.807) is 0 Å². The maximum atomic E-state index is 6.04. The molecular formula is C14H26N4O. The second kappa shape index (κ2) is 8.56. The minimum Gasteiger partial charge on any atom is -0.476 e. The molecule has 0 amide bonds. The van der Waals surface area contributed by atoms with Crippen molar-refractivity contribution in [3.63, 3.8) is 0 Å². The fourth-order valence-electron chi connectivity index (χ4n) is 1.79. The van der Waals surface area contributed by atoms with Gasteiger partial charge in [0.1, 0.15) is 11.5 Å². The van der Waals surface area contributed by atoms with Crippen LogP contribution in [0.3, 0.4) is 0 Å². The van der Waals surface area contributed by atoms with Gasteiger partial charge in [0.25, 0.3) is 0 Å². The highest BCUT2D eigenvalue weighted by molar-refractivity contribution is 5.66. The Balaban J connectivity index is 2.80. The lowest BCUT2D eigenvalue weighted by atomic mass is 10.2. The number of nitrogens with two attached hydrogens (primary N) is 1. The number of hydrogen-bond acceptors (Lipinski definition) is 5. The van der Waals surface area contributed by atoms with Gasteiger partial charge >= 0.3 is 0 Å². The first kappa shape index (κ1) is 15.5. The van der Waals surface area contributed by atoms with Crippen molar-refractivity contribution < 1.29 is 4.74 Å². The third-order valence-electron chi connectivity index (χ3n) is 2.78. The number of nitrogens with zero attached hydrogens (tertiary/aromatic N) is 2. The lowest BCUT2D eigenvalue weighted by Gasteiger charge is -2.13. The maximum absolute atomic E-state index is 6.04. The van der Waals surface area contributed by atoms with Crippen LogP contribution in [0.15, 0.2) is 0 Å². The van der Waals surface area contributed by atoms with Gasteiger partial charge in [0.2, 0.25) is 5.88 Å². The Morgan fingerprint density at radius 3 is 2.53 bits per heavy atom. The lowest BCUT2D eigenvalue weighted by molar-refractivity contribution is 0.327. The molecule has 0 aliphatic heterocycles. The Morgan fingerprint density at radius 1 is 1.11 bits per heavy atom. The first-order valence-electron chi connectivity index (χ1n) is 7.25. The Labute approximate surface area is 116 Å². The van der Waals surface area contributed by atoms with Crippen LogP contribution in [0.5, 0.6) is 5.88 Å². The normalized spacial score (nSPS) is 10.5. The van der Waals surface area contributed by atoms with Gasteiger partial charge in [-0.2, -0.15) is 4.98 Å². The summed E-state index contributed by atoms with van der Waals surface area (Å²) in [5.74, 6) is 2.00. The number of aromatic nitrogens is 2. The van der Waals surface area contributed by atoms with E-state index in [9.17, 15) is 0 Å². The van der Waals surface area contributed by atoms with E-state index >= 15 is 0 Å². The molecule has 0 aromatic carbocycles. The zero-order valence-electron chi connectivity index (χ0n) is 12.3. The molecule has 0 radical (unpaired) electrons. The summed E-state index contributed by atoms with van der Waals surface area (Å²) in [6.45, 7) is 7.66. The summed E-state index contributed by atoms with van der Waals surface area (Å²) in [6.07, 6.45) is 5.37. The molecule has 0 aliphatic carbocycles. The first-order valence-corrected chi connectivity index (χ1v) is 7.25. The van der Waals surface area contributed by atoms with Crippen LogP contribution in [0, 0.1) is 0 Å². The van der Waals surface area contributed by atoms with E-state index in [-0.39, 0.29) is 0 Å². The summed E-state index contributed by atoms with van der Waals surface area (Å²) in [5.41, 5.74) is 6.55. The van der Waals surface area contributed by atoms with Crippen molar-refractivity contribution in [1.82, 2.24) is 9.97 Å². The predicted molar refractivity (Wildman–Crippen MR) is 79.6 cm³/mol. The van der Waals surface area contributed by atoms with Gasteiger partial charge in [0, 0.05) is 13.0 Å². The van der Waals surface area contributed by atoms with E-state index in [2.05, 4.69) is 29.1 Å². The molecule has 0 aliphatic rings. The number of rotatable bonds is 9. The molecule has 1 rings (SSSR count). The van der Waals surface area contributed by atoms with Crippen LogP contribution in [0.1, 0.15) is 52.3 Å². The maximum Gasteiger partial charge on any atom is 0.242 e. The highest BCUT2D eigenvalue weighted by atomic mass is 16.5. The molecule has 0 spiro atoms. The van der Waals surface area contributed by atoms with Gasteiger partial charge in [-0.3, -0.25) is 0 Å². The molecular weight excluding hydrogens is 240 g/mol. The molecule has 0 atom stereocenters. The van der Waals surface area contributed by atoms with E-state index in [4.69, 9.17) is 10.5 Å². The molecule has 3 N–H and O–H groups in total. The topological polar surface area (TPSA) is 73.1 Å². The van der Waals surface area contributed by atoms with Crippen LogP contribution in [-0.2, 0) is 6.42 Å². The third kappa shape index (κ3) is 4.93. The molecule has 0 unspecified atom stereocenters. The highest BCUT2D eigenvalue weighted by Crippen LogP contribution is 2.26. The lowest BCUT2D eigenvalue weighted by Crippen LogP contribution is -2.11. The second-order valence-corrected chi connectivity index (χ2v) is 4.52. The van der Waals surface area contributed by atoms with Crippen LogP contribution < -0.4 is 15.8 Å². The van der Waals surface area contributed by atoms with Crippen LogP contribution in [0.2, 0.25) is 0 Å². The number of hydrogen-bond donors (Lipinski definition) is 2. The molecule has 19 heavy (non-hydrogen) atoms. The van der Waals surface area contributed by atoms with Crippen LogP contribution in [0.25, 0.3) is 0 Å². The van der Waals surface area contributed by atoms with Gasteiger partial charge in [-0.15, -0.1) is 0 Å². The molecule has 0 saturated heterocycles. The van der Waals surface area contributed by atoms with Crippen molar-refractivity contribution in [2.45, 2.75) is 52.9 Å². The molecule has 0 bridgehead atoms. The van der Waals surface area contributed by atoms with E-state index < -0.39 is 0 Å². The molecule has 1 heterocycles. The van der Waals surface area contributed by atoms with Gasteiger partial charge in [-0.25, -0.2) is 4.98 Å². The highest BCUT2D eigenvalue weighted by Gasteiger charge is 2.12. The number of ether oxygens (including phenoxy) is 1. The summed E-state index contributed by atoms with van der Waals surface area (Å²) in [6, 6.07) is 0. The SMILES string of the molecule is CCCCCNc1nc(CCC)nc(OCC)c1N. The molecule has 0 saturated carbocycles. The Bertz CT molecular complexity index is 382. The van der Waals surface area contributed by atoms with E-state index in [1.165, 1.54) is 12.8 Å². The summed E-state index contributed by atoms with van der Waals surface area (Å²) in [4.78, 5) is 8.83. The summed E-state index contributed by atoms with van der Waals surface area (Å²) in [5, 5.41) is 3.29. The van der Waals surface area contributed by atoms with Crippen LogP contribution in [-0.4, -0.2) is 23.1 Å². The smallest absolute Gasteiger partial charge is 0.242 e. The van der Waals surface area contributed by atoms with Gasteiger partial charge in [0.15, 0.2) is 5.82 Å². The zero-order chi connectivity index (χ0) is 14.1. The van der Waals surface area contributed by atoms with E-state index in [0.717, 1.165) is 31.6 Å². The van der Waals surface area contributed by atoms with Crippen molar-refractivity contribution in [2.75, 3.05) is 24.2 Å². The Kier molecular flexibility index (Phi) is 7.00. The zero-order valence-corrected chi connectivity index (χ0v) is 12.3. The fourth-order valence-corrected chi connectivity index (χ4v) is 1.79. The van der Waals surface area contributed by atoms with Gasteiger partial charge < -0.3 is 15.8 Å². The minimum atomic E-state index is 0.499. The Morgan fingerprint density at radius 2 is 1.89 bits per heavy atom. The van der Waals surface area contributed by atoms with E-state index in [1.807, 2.05) is 6.92 Å². The van der Waals surface area contributed by atoms with Gasteiger partial charge in [-0.05, 0) is 19.8 Å². The Hall–Kier alpha value is -1.52. The number of unbranched alkanes of at least 4 members (excludes halogenated alkanes) is 2. The molecule has 108 valence electrons. The quantitative estimate of drug-likeness (QED) is 0.672. The average molecular weight is 266 g/mol. The molecule has 1 aromatic rings. The summed E-state index contributed by atoms with van der Waals surface area (Å²) >= 11 is 0. The van der Waals surface area contributed by atoms with Crippen molar-refractivity contribution in [2.24, 2.45) is 0 Å². The fraction of sp³-hybridized carbons (Fsp3) is 0.714. The first-order chi connectivity index (χ1) is 9.22. The molecule has 0 fully saturated rings. The predicted octanol–water partition coefficient (Wildman–Crippen LogP) is 3.01. The van der Waals surface area contributed by atoms with Crippen LogP contribution >= 0.6 is 0 Å². The number of nitrogens with one attached hydrogen (secondary N) is 1. The van der Waals surface area contributed by atoms with Crippen molar-refractivity contribution >= 4 is 11.5 Å². The average Bonchev–Trinajstić information content (AvgIpc) is 2.40. The van der Waals surface area contributed by atoms with Gasteiger partial charge in [0.05, 0.1) is 6.61 Å². The number of aryl methyl sites for hydroxylation is 1. The van der Waals surface area contributed by atoms with Crippen LogP contribution in [0.4, 0.5) is 11.5 Å². The number of anilines is 2. The second-order valence-electron chi connectivity index (χ2n) is 4.52. The molecule has 5 nitrogen and oxygen atoms in total. The van der Waals surface area contributed by atoms with E-state index in [0.29, 0.717) is 24.0 Å². The van der Waals surface area contributed by atoms with Crippen molar-refractivity contribution in [3.05, 3.63) is 5.82 Å². The minimum absolute atomic E-state index is 0.499. The van der Waals surface area contributed by atoms with Crippen molar-refractivity contribution in [1.29, 1.82) is 0 Å². The largest absolute Gasteiger partial charge is 0.476 e. The third-order valence-corrected chi connectivity index (χ3v) is 2.78. The van der Waals surface area contributed by atoms with Crippen molar-refractivity contribution in [3.8, 4) is 5.88 Å². The summed E-state index contributed by atoms with van der Waals surface area (Å²) < 4.78 is 5.48. The standard InChI is InChI=1S/C14H26N4O/c1-4-7-8-10-16-13-12(15)14(19-6-3)18-11(17-13)9-5-2/h4-10,15H2,1-3H3,(H,16,17,18). The summed E-state index contributed by atoms with van der Waals surface area (Å²) in [7, 11) is 0. The monoisotopic (exact) mass is 266 g/mol. The number of nitrogen functional groups attached to an aromatic ring is 1. The van der Waals surface area contributed by atoms with Gasteiger partial charge in [-0.1, -0.05) is 26.7 Å². The molecule has 1 aromatic heterocycles.